The summed E-state index contributed by atoms with van der Waals surface area (Å²) in [7, 11) is -1.95. The van der Waals surface area contributed by atoms with Gasteiger partial charge in [0.25, 0.3) is 0 Å². The first-order valence-electron chi connectivity index (χ1n) is 8.87. The number of nitrogens with zero attached hydrogens (tertiary/aromatic N) is 3. The normalized spacial score (nSPS) is 23.4. The lowest BCUT2D eigenvalue weighted by Crippen LogP contribution is -2.49. The number of piperidine rings is 1. The number of fused-ring (bicyclic) bond motifs is 4. The van der Waals surface area contributed by atoms with E-state index in [1.54, 1.807) is 7.05 Å². The molecule has 3 rings (SSSR count). The predicted octanol–water partition coefficient (Wildman–Crippen LogP) is 1.55. The van der Waals surface area contributed by atoms with Crippen LogP contribution >= 0.6 is 0 Å². The molecule has 0 aromatic carbocycles. The van der Waals surface area contributed by atoms with Crippen LogP contribution in [0.1, 0.15) is 57.3 Å². The van der Waals surface area contributed by atoms with Gasteiger partial charge in [0.2, 0.25) is 5.88 Å². The van der Waals surface area contributed by atoms with Crippen LogP contribution in [0.3, 0.4) is 0 Å². The third kappa shape index (κ3) is 4.03. The second-order valence-electron chi connectivity index (χ2n) is 8.14. The zero-order chi connectivity index (χ0) is 19.3. The van der Waals surface area contributed by atoms with E-state index < -0.39 is 15.7 Å². The van der Waals surface area contributed by atoms with Crippen LogP contribution in [0, 0.1) is 0 Å². The number of aromatic nitrogens is 2. The number of aryl methyl sites for hydroxylation is 1. The van der Waals surface area contributed by atoms with Crippen molar-refractivity contribution in [3.8, 4) is 5.88 Å². The average molecular weight is 385 g/mol. The van der Waals surface area contributed by atoms with Crippen LogP contribution in [0.4, 0.5) is 0 Å². The van der Waals surface area contributed by atoms with E-state index in [4.69, 9.17) is 8.92 Å². The molecule has 0 unspecified atom stereocenters. The van der Waals surface area contributed by atoms with Crippen LogP contribution < -0.4 is 4.18 Å². The molecule has 1 fully saturated rings. The first-order valence-corrected chi connectivity index (χ1v) is 10.7. The van der Waals surface area contributed by atoms with Crippen LogP contribution in [0.25, 0.3) is 0 Å². The first kappa shape index (κ1) is 19.2. The molecule has 2 bridgehead atoms. The molecule has 2 atom stereocenters. The standard InChI is InChI=1S/C17H27N3O5S/c1-17(2,3)24-14(21)10-20-11-7-6-8-13(20)15-12(9-11)16(19(4)18-15)25-26(5,22)23/h11,13H,6-10H2,1-5H3/t11-,13+/m1/s1. The SMILES string of the molecule is Cn1nc2c(c1OS(C)(=O)=O)C[C@H]1CCC[C@@H]2N1CC(=O)OC(C)(C)C. The maximum atomic E-state index is 12.3. The Morgan fingerprint density at radius 1 is 1.31 bits per heavy atom. The van der Waals surface area contributed by atoms with Crippen LogP contribution in [0.2, 0.25) is 0 Å². The number of hydrogen-bond acceptors (Lipinski definition) is 7. The van der Waals surface area contributed by atoms with E-state index >= 15 is 0 Å². The Bertz CT molecular complexity index is 809. The fourth-order valence-corrected chi connectivity index (χ4v) is 4.42. The molecule has 0 aliphatic carbocycles. The number of ether oxygens (including phenoxy) is 1. The van der Waals surface area contributed by atoms with Gasteiger partial charge in [0.15, 0.2) is 0 Å². The lowest BCUT2D eigenvalue weighted by atomic mass is 9.83. The van der Waals surface area contributed by atoms with Gasteiger partial charge in [-0.05, 0) is 46.5 Å². The molecule has 0 radical (unpaired) electrons. The molecule has 3 heterocycles. The van der Waals surface area contributed by atoms with Crippen molar-refractivity contribution in [1.82, 2.24) is 14.7 Å². The zero-order valence-electron chi connectivity index (χ0n) is 16.0. The largest absolute Gasteiger partial charge is 0.459 e. The molecule has 146 valence electrons. The minimum Gasteiger partial charge on any atom is -0.459 e. The van der Waals surface area contributed by atoms with Crippen molar-refractivity contribution in [1.29, 1.82) is 0 Å². The Balaban J connectivity index is 1.88. The lowest BCUT2D eigenvalue weighted by molar-refractivity contribution is -0.158. The van der Waals surface area contributed by atoms with Gasteiger partial charge in [-0.15, -0.1) is 0 Å². The topological polar surface area (TPSA) is 90.7 Å². The number of rotatable bonds is 4. The van der Waals surface area contributed by atoms with Crippen molar-refractivity contribution in [2.24, 2.45) is 7.05 Å². The third-order valence-corrected chi connectivity index (χ3v) is 5.18. The van der Waals surface area contributed by atoms with E-state index in [2.05, 4.69) is 10.00 Å². The minimum absolute atomic E-state index is 0.0203. The van der Waals surface area contributed by atoms with Crippen LogP contribution in [-0.4, -0.2) is 53.5 Å². The zero-order valence-corrected chi connectivity index (χ0v) is 16.8. The highest BCUT2D eigenvalue weighted by atomic mass is 32.2. The molecule has 0 N–H and O–H groups in total. The summed E-state index contributed by atoms with van der Waals surface area (Å²) in [4.78, 5) is 14.5. The maximum absolute atomic E-state index is 12.3. The van der Waals surface area contributed by atoms with Gasteiger partial charge in [-0.1, -0.05) is 0 Å². The second-order valence-corrected chi connectivity index (χ2v) is 9.72. The highest BCUT2D eigenvalue weighted by Crippen LogP contribution is 2.44. The Kier molecular flexibility index (Phi) is 4.81. The van der Waals surface area contributed by atoms with Crippen LogP contribution in [0.15, 0.2) is 0 Å². The summed E-state index contributed by atoms with van der Waals surface area (Å²) in [5, 5.41) is 4.52. The highest BCUT2D eigenvalue weighted by molar-refractivity contribution is 7.86. The Morgan fingerprint density at radius 2 is 2.00 bits per heavy atom. The summed E-state index contributed by atoms with van der Waals surface area (Å²) >= 11 is 0. The lowest BCUT2D eigenvalue weighted by Gasteiger charge is -2.44. The fraction of sp³-hybridized carbons (Fsp3) is 0.765. The van der Waals surface area contributed by atoms with Gasteiger partial charge in [-0.25, -0.2) is 4.68 Å². The van der Waals surface area contributed by atoms with Gasteiger partial charge in [0.05, 0.1) is 24.5 Å². The summed E-state index contributed by atoms with van der Waals surface area (Å²) in [6.45, 7) is 5.78. The molecule has 0 spiro atoms. The number of esters is 1. The molecule has 0 saturated carbocycles. The third-order valence-electron chi connectivity index (χ3n) is 4.72. The van der Waals surface area contributed by atoms with Crippen molar-refractivity contribution in [3.63, 3.8) is 0 Å². The van der Waals surface area contributed by atoms with Crippen LogP contribution in [0.5, 0.6) is 5.88 Å². The molecule has 1 aromatic rings. The number of hydrogen-bond donors (Lipinski definition) is 0. The monoisotopic (exact) mass is 385 g/mol. The fourth-order valence-electron chi connectivity index (χ4n) is 3.92. The van der Waals surface area contributed by atoms with Crippen molar-refractivity contribution >= 4 is 16.1 Å². The molecule has 1 aromatic heterocycles. The minimum atomic E-state index is -3.63. The molecular formula is C17H27N3O5S. The van der Waals surface area contributed by atoms with E-state index in [1.807, 2.05) is 20.8 Å². The summed E-state index contributed by atoms with van der Waals surface area (Å²) in [6, 6.07) is 0.132. The molecule has 2 aliphatic rings. The summed E-state index contributed by atoms with van der Waals surface area (Å²) in [5.74, 6) is 0.0395. The van der Waals surface area contributed by atoms with Gasteiger partial charge >= 0.3 is 16.1 Å². The molecule has 8 nitrogen and oxygen atoms in total. The molecule has 2 aliphatic heterocycles. The average Bonchev–Trinajstić information content (AvgIpc) is 2.72. The van der Waals surface area contributed by atoms with Crippen LogP contribution in [-0.2, 0) is 33.1 Å². The van der Waals surface area contributed by atoms with Gasteiger partial charge in [0.1, 0.15) is 5.60 Å². The summed E-state index contributed by atoms with van der Waals surface area (Å²) in [5.41, 5.74) is 1.13. The van der Waals surface area contributed by atoms with Gasteiger partial charge in [0, 0.05) is 18.7 Å². The number of carbonyl (C=O) groups is 1. The van der Waals surface area contributed by atoms with Crippen molar-refractivity contribution in [2.45, 2.75) is 64.1 Å². The Labute approximate surface area is 154 Å². The Morgan fingerprint density at radius 3 is 2.62 bits per heavy atom. The highest BCUT2D eigenvalue weighted by Gasteiger charge is 2.42. The van der Waals surface area contributed by atoms with E-state index in [-0.39, 0.29) is 30.5 Å². The van der Waals surface area contributed by atoms with Crippen molar-refractivity contribution in [3.05, 3.63) is 11.3 Å². The predicted molar refractivity (Wildman–Crippen MR) is 95.3 cm³/mol. The van der Waals surface area contributed by atoms with E-state index in [0.29, 0.717) is 6.42 Å². The molecule has 1 saturated heterocycles. The Hall–Kier alpha value is -1.61. The number of carbonyl (C=O) groups excluding carboxylic acids is 1. The van der Waals surface area contributed by atoms with Crippen molar-refractivity contribution < 1.29 is 22.1 Å². The quantitative estimate of drug-likeness (QED) is 0.574. The smallest absolute Gasteiger partial charge is 0.320 e. The molecule has 26 heavy (non-hydrogen) atoms. The molecular weight excluding hydrogens is 358 g/mol. The van der Waals surface area contributed by atoms with E-state index in [9.17, 15) is 13.2 Å². The van der Waals surface area contributed by atoms with Gasteiger partial charge < -0.3 is 8.92 Å². The van der Waals surface area contributed by atoms with Gasteiger partial charge in [-0.2, -0.15) is 13.5 Å². The molecule has 0 amide bonds. The summed E-state index contributed by atoms with van der Waals surface area (Å²) in [6.07, 6.45) is 4.53. The van der Waals surface area contributed by atoms with E-state index in [0.717, 1.165) is 36.8 Å². The van der Waals surface area contributed by atoms with Crippen molar-refractivity contribution in [2.75, 3.05) is 12.8 Å². The first-order chi connectivity index (χ1) is 11.9. The van der Waals surface area contributed by atoms with Gasteiger partial charge in [-0.3, -0.25) is 9.69 Å². The summed E-state index contributed by atoms with van der Waals surface area (Å²) < 4.78 is 35.3. The second kappa shape index (κ2) is 6.53. The maximum Gasteiger partial charge on any atom is 0.320 e. The van der Waals surface area contributed by atoms with E-state index in [1.165, 1.54) is 4.68 Å². The molecule has 9 heteroatoms.